The van der Waals surface area contributed by atoms with Crippen LogP contribution in [-0.4, -0.2) is 23.0 Å². The number of hydrazine groups is 1. The predicted octanol–water partition coefficient (Wildman–Crippen LogP) is 4.32. The van der Waals surface area contributed by atoms with Crippen molar-refractivity contribution in [1.29, 1.82) is 0 Å². The molecule has 0 saturated carbocycles. The molecule has 4 aromatic rings. The second-order valence-electron chi connectivity index (χ2n) is 5.06. The smallest absolute Gasteiger partial charge is 0.269 e. The Morgan fingerprint density at radius 1 is 1.28 bits per heavy atom. The van der Waals surface area contributed by atoms with Crippen LogP contribution in [0.3, 0.4) is 0 Å². The van der Waals surface area contributed by atoms with Crippen LogP contribution in [0.4, 0.5) is 5.13 Å². The molecule has 25 heavy (non-hydrogen) atoms. The standard InChI is InChI=1S/C16H11ClN4O2S2/c1-23-11-5-3-9(17)14-13(11)19-16(25-14)21-20-15(22)8-2-4-10-12(6-8)24-7-18-10/h2-7H,1H3,(H,19,21)(H,20,22). The number of thiazole rings is 2. The summed E-state index contributed by atoms with van der Waals surface area (Å²) in [6.45, 7) is 0. The van der Waals surface area contributed by atoms with Crippen molar-refractivity contribution in [3.8, 4) is 5.75 Å². The molecule has 2 N–H and O–H groups in total. The van der Waals surface area contributed by atoms with Crippen LogP contribution in [-0.2, 0) is 0 Å². The van der Waals surface area contributed by atoms with Gasteiger partial charge in [0, 0.05) is 5.56 Å². The third kappa shape index (κ3) is 2.99. The third-order valence-electron chi connectivity index (χ3n) is 3.55. The molecule has 0 aliphatic heterocycles. The van der Waals surface area contributed by atoms with E-state index in [0.717, 1.165) is 14.9 Å². The van der Waals surface area contributed by atoms with Crippen molar-refractivity contribution in [3.63, 3.8) is 0 Å². The van der Waals surface area contributed by atoms with Gasteiger partial charge in [0.15, 0.2) is 0 Å². The van der Waals surface area contributed by atoms with E-state index in [1.54, 1.807) is 30.8 Å². The Labute approximate surface area is 155 Å². The zero-order chi connectivity index (χ0) is 17.4. The lowest BCUT2D eigenvalue weighted by Crippen LogP contribution is -2.29. The second kappa shape index (κ2) is 6.47. The van der Waals surface area contributed by atoms with E-state index >= 15 is 0 Å². The van der Waals surface area contributed by atoms with Crippen LogP contribution in [0.2, 0.25) is 5.02 Å². The van der Waals surface area contributed by atoms with Gasteiger partial charge in [0.2, 0.25) is 5.13 Å². The van der Waals surface area contributed by atoms with E-state index in [4.69, 9.17) is 16.3 Å². The molecular formula is C16H11ClN4O2S2. The summed E-state index contributed by atoms with van der Waals surface area (Å²) in [5.74, 6) is 0.373. The Hall–Kier alpha value is -2.42. The molecule has 9 heteroatoms. The summed E-state index contributed by atoms with van der Waals surface area (Å²) in [7, 11) is 1.58. The molecule has 1 amide bonds. The Bertz CT molecular complexity index is 1090. The van der Waals surface area contributed by atoms with Gasteiger partial charge in [0.1, 0.15) is 11.3 Å². The number of ether oxygens (including phenoxy) is 1. The Kier molecular flexibility index (Phi) is 4.16. The number of carbonyl (C=O) groups is 1. The van der Waals surface area contributed by atoms with E-state index in [9.17, 15) is 4.79 Å². The van der Waals surface area contributed by atoms with Crippen LogP contribution in [0.5, 0.6) is 5.75 Å². The number of rotatable bonds is 4. The highest BCUT2D eigenvalue weighted by Crippen LogP contribution is 2.37. The summed E-state index contributed by atoms with van der Waals surface area (Å²) >= 11 is 9.03. The number of fused-ring (bicyclic) bond motifs is 2. The minimum atomic E-state index is -0.257. The normalized spacial score (nSPS) is 11.0. The second-order valence-corrected chi connectivity index (χ2v) is 7.35. The van der Waals surface area contributed by atoms with Gasteiger partial charge in [0.05, 0.1) is 32.6 Å². The molecule has 0 atom stereocenters. The lowest BCUT2D eigenvalue weighted by molar-refractivity contribution is 0.0963. The number of amides is 1. The van der Waals surface area contributed by atoms with Gasteiger partial charge in [-0.2, -0.15) is 0 Å². The van der Waals surface area contributed by atoms with Gasteiger partial charge >= 0.3 is 0 Å². The fraction of sp³-hybridized carbons (Fsp3) is 0.0625. The van der Waals surface area contributed by atoms with Crippen molar-refractivity contribution in [2.24, 2.45) is 0 Å². The fourth-order valence-electron chi connectivity index (χ4n) is 2.35. The van der Waals surface area contributed by atoms with Crippen molar-refractivity contribution in [2.45, 2.75) is 0 Å². The van der Waals surface area contributed by atoms with Gasteiger partial charge in [-0.3, -0.25) is 15.6 Å². The first kappa shape index (κ1) is 16.1. The van der Waals surface area contributed by atoms with E-state index in [-0.39, 0.29) is 5.91 Å². The maximum absolute atomic E-state index is 12.3. The summed E-state index contributed by atoms with van der Waals surface area (Å²) in [6.07, 6.45) is 0. The van der Waals surface area contributed by atoms with E-state index < -0.39 is 0 Å². The number of anilines is 1. The molecule has 0 fully saturated rings. The van der Waals surface area contributed by atoms with Crippen LogP contribution in [0.15, 0.2) is 35.8 Å². The zero-order valence-corrected chi connectivity index (χ0v) is 15.3. The average Bonchev–Trinajstić information content (AvgIpc) is 3.26. The summed E-state index contributed by atoms with van der Waals surface area (Å²) in [5, 5.41) is 1.11. The summed E-state index contributed by atoms with van der Waals surface area (Å²) in [6, 6.07) is 8.88. The average molecular weight is 391 g/mol. The third-order valence-corrected chi connectivity index (χ3v) is 5.78. The molecule has 0 bridgehead atoms. The van der Waals surface area contributed by atoms with Crippen molar-refractivity contribution in [3.05, 3.63) is 46.4 Å². The van der Waals surface area contributed by atoms with Crippen molar-refractivity contribution >= 4 is 65.7 Å². The highest BCUT2D eigenvalue weighted by molar-refractivity contribution is 7.22. The van der Waals surface area contributed by atoms with Gasteiger partial charge in [-0.05, 0) is 30.3 Å². The molecule has 0 radical (unpaired) electrons. The molecule has 0 aliphatic rings. The number of nitrogens with one attached hydrogen (secondary N) is 2. The number of hydrogen-bond donors (Lipinski definition) is 2. The number of hydrogen-bond acceptors (Lipinski definition) is 7. The van der Waals surface area contributed by atoms with Gasteiger partial charge in [-0.25, -0.2) is 9.97 Å². The van der Waals surface area contributed by atoms with E-state index in [1.807, 2.05) is 12.1 Å². The number of methoxy groups -OCH3 is 1. The first-order chi connectivity index (χ1) is 12.2. The highest BCUT2D eigenvalue weighted by atomic mass is 35.5. The molecule has 0 saturated heterocycles. The molecule has 2 aromatic carbocycles. The number of aromatic nitrogens is 2. The number of nitrogens with zero attached hydrogens (tertiary/aromatic N) is 2. The molecule has 2 heterocycles. The predicted molar refractivity (Wildman–Crippen MR) is 102 cm³/mol. The van der Waals surface area contributed by atoms with Gasteiger partial charge in [-0.15, -0.1) is 11.3 Å². The Balaban J connectivity index is 1.55. The Morgan fingerprint density at radius 2 is 2.16 bits per heavy atom. The van der Waals surface area contributed by atoms with Crippen LogP contribution in [0.25, 0.3) is 20.4 Å². The van der Waals surface area contributed by atoms with Gasteiger partial charge in [-0.1, -0.05) is 22.9 Å². The molecule has 4 rings (SSSR count). The number of benzene rings is 2. The van der Waals surface area contributed by atoms with E-state index in [2.05, 4.69) is 20.8 Å². The molecule has 2 aromatic heterocycles. The largest absolute Gasteiger partial charge is 0.494 e. The van der Waals surface area contributed by atoms with Crippen LogP contribution in [0.1, 0.15) is 10.4 Å². The molecule has 0 spiro atoms. The minimum Gasteiger partial charge on any atom is -0.494 e. The summed E-state index contributed by atoms with van der Waals surface area (Å²) < 4.78 is 7.05. The lowest BCUT2D eigenvalue weighted by atomic mass is 10.2. The zero-order valence-electron chi connectivity index (χ0n) is 12.9. The highest BCUT2D eigenvalue weighted by Gasteiger charge is 2.13. The maximum Gasteiger partial charge on any atom is 0.269 e. The number of carbonyl (C=O) groups excluding carboxylic acids is 1. The molecular weight excluding hydrogens is 380 g/mol. The summed E-state index contributed by atoms with van der Waals surface area (Å²) in [4.78, 5) is 21.0. The van der Waals surface area contributed by atoms with Gasteiger partial charge in [0.25, 0.3) is 5.91 Å². The van der Waals surface area contributed by atoms with E-state index in [1.165, 1.54) is 22.7 Å². The molecule has 126 valence electrons. The van der Waals surface area contributed by atoms with Crippen LogP contribution in [0, 0.1) is 0 Å². The van der Waals surface area contributed by atoms with Crippen LogP contribution >= 0.6 is 34.3 Å². The first-order valence-electron chi connectivity index (χ1n) is 7.18. The number of halogens is 1. The van der Waals surface area contributed by atoms with Gasteiger partial charge < -0.3 is 4.74 Å². The maximum atomic E-state index is 12.3. The molecule has 0 unspecified atom stereocenters. The lowest BCUT2D eigenvalue weighted by Gasteiger charge is -2.05. The SMILES string of the molecule is COc1ccc(Cl)c2sc(NNC(=O)c3ccc4ncsc4c3)nc12. The minimum absolute atomic E-state index is 0.257. The first-order valence-corrected chi connectivity index (χ1v) is 9.26. The fourth-order valence-corrected chi connectivity index (χ4v) is 4.17. The molecule has 0 aliphatic carbocycles. The van der Waals surface area contributed by atoms with Crippen molar-refractivity contribution in [2.75, 3.05) is 12.5 Å². The quantitative estimate of drug-likeness (QED) is 0.507. The van der Waals surface area contributed by atoms with Crippen LogP contribution < -0.4 is 15.6 Å². The summed E-state index contributed by atoms with van der Waals surface area (Å²) in [5.41, 5.74) is 9.31. The monoisotopic (exact) mass is 390 g/mol. The van der Waals surface area contributed by atoms with Crippen molar-refractivity contribution < 1.29 is 9.53 Å². The topological polar surface area (TPSA) is 76.1 Å². The Morgan fingerprint density at radius 3 is 3.00 bits per heavy atom. The van der Waals surface area contributed by atoms with E-state index in [0.29, 0.717) is 27.0 Å². The van der Waals surface area contributed by atoms with Crippen molar-refractivity contribution in [1.82, 2.24) is 15.4 Å². The molecule has 6 nitrogen and oxygen atoms in total.